The van der Waals surface area contributed by atoms with E-state index in [1.807, 2.05) is 0 Å². The molecule has 0 aliphatic carbocycles. The van der Waals surface area contributed by atoms with E-state index in [0.717, 1.165) is 13.2 Å². The van der Waals surface area contributed by atoms with Crippen LogP contribution in [0.3, 0.4) is 0 Å². The maximum absolute atomic E-state index is 10.8. The lowest BCUT2D eigenvalue weighted by molar-refractivity contribution is -0.708. The first kappa shape index (κ1) is 9.48. The summed E-state index contributed by atoms with van der Waals surface area (Å²) >= 11 is 0. The molecule has 1 heterocycles. The molecule has 2 unspecified atom stereocenters. The Balaban J connectivity index is 2.21. The molecule has 1 aliphatic rings. The Morgan fingerprint density at radius 3 is 3.00 bits per heavy atom. The Morgan fingerprint density at radius 2 is 2.50 bits per heavy atom. The number of carbonyl (C=O) groups is 1. The minimum absolute atomic E-state index is 0.0358. The fourth-order valence-electron chi connectivity index (χ4n) is 1.22. The molecule has 4 nitrogen and oxygen atoms in total. The maximum Gasteiger partial charge on any atom is 0.308 e. The molecule has 1 fully saturated rings. The van der Waals surface area contributed by atoms with Crippen LogP contribution in [0.2, 0.25) is 0 Å². The lowest BCUT2D eigenvalue weighted by atomic mass is 10.2. The lowest BCUT2D eigenvalue weighted by Gasteiger charge is -2.24. The van der Waals surface area contributed by atoms with E-state index in [2.05, 4.69) is 17.0 Å². The quantitative estimate of drug-likeness (QED) is 0.541. The average Bonchev–Trinajstić information content (AvgIpc) is 2.09. The van der Waals surface area contributed by atoms with Gasteiger partial charge >= 0.3 is 5.97 Å². The third-order valence-corrected chi connectivity index (χ3v) is 2.02. The number of quaternary nitrogens is 1. The van der Waals surface area contributed by atoms with Crippen molar-refractivity contribution >= 4 is 5.97 Å². The van der Waals surface area contributed by atoms with E-state index in [9.17, 15) is 4.79 Å². The highest BCUT2D eigenvalue weighted by atomic mass is 16.5. The second kappa shape index (κ2) is 4.42. The number of methoxy groups -OCH3 is 1. The van der Waals surface area contributed by atoms with Crippen molar-refractivity contribution in [1.82, 2.24) is 0 Å². The molecule has 2 atom stereocenters. The van der Waals surface area contributed by atoms with Gasteiger partial charge in [-0.15, -0.1) is 0 Å². The molecule has 0 amide bonds. The van der Waals surface area contributed by atoms with Crippen molar-refractivity contribution < 1.29 is 19.6 Å². The van der Waals surface area contributed by atoms with E-state index in [4.69, 9.17) is 4.74 Å². The van der Waals surface area contributed by atoms with Gasteiger partial charge in [-0.05, 0) is 6.92 Å². The highest BCUT2D eigenvalue weighted by Crippen LogP contribution is 2.01. The Morgan fingerprint density at radius 1 is 1.75 bits per heavy atom. The van der Waals surface area contributed by atoms with Crippen LogP contribution in [0.4, 0.5) is 0 Å². The summed E-state index contributed by atoms with van der Waals surface area (Å²) in [5, 5.41) is 2.19. The second-order valence-electron chi connectivity index (χ2n) is 3.18. The molecular weight excluding hydrogens is 158 g/mol. The van der Waals surface area contributed by atoms with Crippen LogP contribution in [0.1, 0.15) is 13.3 Å². The number of rotatable bonds is 2. The Kier molecular flexibility index (Phi) is 3.49. The summed E-state index contributed by atoms with van der Waals surface area (Å²) < 4.78 is 9.98. The van der Waals surface area contributed by atoms with E-state index in [-0.39, 0.29) is 12.1 Å². The van der Waals surface area contributed by atoms with Gasteiger partial charge in [0.05, 0.1) is 20.1 Å². The van der Waals surface area contributed by atoms with Crippen LogP contribution >= 0.6 is 0 Å². The summed E-state index contributed by atoms with van der Waals surface area (Å²) in [4.78, 5) is 10.8. The van der Waals surface area contributed by atoms with Gasteiger partial charge in [0.25, 0.3) is 0 Å². The van der Waals surface area contributed by atoms with E-state index < -0.39 is 0 Å². The molecular formula is C8H16NO3+. The summed E-state index contributed by atoms with van der Waals surface area (Å²) in [5.74, 6) is -0.192. The smallest absolute Gasteiger partial charge is 0.308 e. The summed E-state index contributed by atoms with van der Waals surface area (Å²) in [7, 11) is 1.40. The van der Waals surface area contributed by atoms with Gasteiger partial charge in [-0.3, -0.25) is 4.79 Å². The van der Waals surface area contributed by atoms with Crippen LogP contribution in [0.5, 0.6) is 0 Å². The lowest BCUT2D eigenvalue weighted by Crippen LogP contribution is -2.94. The van der Waals surface area contributed by atoms with Crippen molar-refractivity contribution in [2.24, 2.45) is 0 Å². The van der Waals surface area contributed by atoms with Gasteiger partial charge in [0.15, 0.2) is 0 Å². The molecule has 0 spiro atoms. The van der Waals surface area contributed by atoms with Crippen LogP contribution in [0.25, 0.3) is 0 Å². The third-order valence-electron chi connectivity index (χ3n) is 2.02. The predicted molar refractivity (Wildman–Crippen MR) is 42.6 cm³/mol. The van der Waals surface area contributed by atoms with Gasteiger partial charge in [-0.25, -0.2) is 0 Å². The van der Waals surface area contributed by atoms with E-state index in [1.165, 1.54) is 7.11 Å². The summed E-state index contributed by atoms with van der Waals surface area (Å²) in [5.41, 5.74) is 0. The molecule has 0 bridgehead atoms. The molecule has 2 N–H and O–H groups in total. The second-order valence-corrected chi connectivity index (χ2v) is 3.18. The van der Waals surface area contributed by atoms with E-state index >= 15 is 0 Å². The van der Waals surface area contributed by atoms with Crippen molar-refractivity contribution in [3.05, 3.63) is 0 Å². The molecule has 0 radical (unpaired) electrons. The molecule has 1 rings (SSSR count). The van der Waals surface area contributed by atoms with Crippen molar-refractivity contribution in [3.63, 3.8) is 0 Å². The SMILES string of the molecule is COC(=O)CC1C[NH2+]C(C)CO1. The number of esters is 1. The predicted octanol–water partition coefficient (Wildman–Crippen LogP) is -1.10. The maximum atomic E-state index is 10.8. The van der Waals surface area contributed by atoms with Gasteiger partial charge in [0, 0.05) is 0 Å². The van der Waals surface area contributed by atoms with Crippen LogP contribution in [0.15, 0.2) is 0 Å². The largest absolute Gasteiger partial charge is 0.469 e. The number of ether oxygens (including phenoxy) is 2. The highest BCUT2D eigenvalue weighted by molar-refractivity contribution is 5.69. The molecule has 1 saturated heterocycles. The fourth-order valence-corrected chi connectivity index (χ4v) is 1.22. The first-order valence-electron chi connectivity index (χ1n) is 4.24. The summed E-state index contributed by atoms with van der Waals surface area (Å²) in [6, 6.07) is 0.513. The summed E-state index contributed by atoms with van der Waals surface area (Å²) in [6.07, 6.45) is 0.411. The van der Waals surface area contributed by atoms with Crippen LogP contribution in [-0.2, 0) is 14.3 Å². The zero-order valence-corrected chi connectivity index (χ0v) is 7.58. The Bertz CT molecular complexity index is 152. The standard InChI is InChI=1S/C8H15NO3/c1-6-5-12-7(4-9-6)3-8(10)11-2/h6-7,9H,3-5H2,1-2H3/p+1. The topological polar surface area (TPSA) is 52.1 Å². The Labute approximate surface area is 72.2 Å². The molecule has 12 heavy (non-hydrogen) atoms. The number of nitrogens with two attached hydrogens (primary N) is 1. The molecule has 70 valence electrons. The molecule has 0 saturated carbocycles. The van der Waals surface area contributed by atoms with E-state index in [1.54, 1.807) is 0 Å². The van der Waals surface area contributed by atoms with Crippen molar-refractivity contribution in [2.45, 2.75) is 25.5 Å². The van der Waals surface area contributed by atoms with Gasteiger partial charge in [-0.2, -0.15) is 0 Å². The van der Waals surface area contributed by atoms with Crippen LogP contribution in [-0.4, -0.2) is 38.4 Å². The first-order valence-corrected chi connectivity index (χ1v) is 4.24. The van der Waals surface area contributed by atoms with Crippen LogP contribution < -0.4 is 5.32 Å². The fraction of sp³-hybridized carbons (Fsp3) is 0.875. The Hall–Kier alpha value is -0.610. The molecule has 1 aliphatic heterocycles. The minimum Gasteiger partial charge on any atom is -0.469 e. The number of morpholine rings is 1. The van der Waals surface area contributed by atoms with Gasteiger partial charge in [0.2, 0.25) is 0 Å². The zero-order valence-electron chi connectivity index (χ0n) is 7.58. The minimum atomic E-state index is -0.192. The van der Waals surface area contributed by atoms with Crippen molar-refractivity contribution in [3.8, 4) is 0 Å². The van der Waals surface area contributed by atoms with E-state index in [0.29, 0.717) is 12.5 Å². The van der Waals surface area contributed by atoms with Crippen molar-refractivity contribution in [2.75, 3.05) is 20.3 Å². The number of hydrogen-bond acceptors (Lipinski definition) is 3. The average molecular weight is 174 g/mol. The normalized spacial score (nSPS) is 29.8. The van der Waals surface area contributed by atoms with Gasteiger partial charge in [-0.1, -0.05) is 0 Å². The zero-order chi connectivity index (χ0) is 8.97. The van der Waals surface area contributed by atoms with Gasteiger partial charge in [0.1, 0.15) is 18.7 Å². The molecule has 0 aromatic heterocycles. The molecule has 4 heteroatoms. The molecule has 0 aromatic carbocycles. The monoisotopic (exact) mass is 174 g/mol. The van der Waals surface area contributed by atoms with Crippen LogP contribution in [0, 0.1) is 0 Å². The third kappa shape index (κ3) is 2.79. The molecule has 0 aromatic rings. The van der Waals surface area contributed by atoms with Gasteiger partial charge < -0.3 is 14.8 Å². The highest BCUT2D eigenvalue weighted by Gasteiger charge is 2.23. The number of hydrogen-bond donors (Lipinski definition) is 1. The first-order chi connectivity index (χ1) is 5.72. The van der Waals surface area contributed by atoms with Crippen molar-refractivity contribution in [1.29, 1.82) is 0 Å². The number of carbonyl (C=O) groups excluding carboxylic acids is 1. The summed E-state index contributed by atoms with van der Waals surface area (Å²) in [6.45, 7) is 3.69.